The molecule has 0 saturated carbocycles. The molecule has 9 heteroatoms. The van der Waals surface area contributed by atoms with Crippen LogP contribution in [0.5, 0.6) is 5.88 Å². The molecule has 0 bridgehead atoms. The van der Waals surface area contributed by atoms with E-state index in [4.69, 9.17) is 26.2 Å². The van der Waals surface area contributed by atoms with Crippen molar-refractivity contribution in [3.8, 4) is 28.3 Å². The van der Waals surface area contributed by atoms with Crippen molar-refractivity contribution >= 4 is 17.2 Å². The van der Waals surface area contributed by atoms with Crippen molar-refractivity contribution in [2.45, 2.75) is 38.5 Å². The van der Waals surface area contributed by atoms with Crippen LogP contribution in [0.2, 0.25) is 5.02 Å². The fourth-order valence-corrected chi connectivity index (χ4v) is 3.98. The number of nitrogens with zero attached hydrogens (tertiary/aromatic N) is 5. The van der Waals surface area contributed by atoms with Gasteiger partial charge in [-0.05, 0) is 32.0 Å². The molecule has 8 nitrogen and oxygen atoms in total. The van der Waals surface area contributed by atoms with Gasteiger partial charge in [0.05, 0.1) is 49.0 Å². The highest BCUT2D eigenvalue weighted by Gasteiger charge is 2.23. The van der Waals surface area contributed by atoms with Crippen molar-refractivity contribution in [1.29, 1.82) is 0 Å². The number of aromatic nitrogens is 5. The van der Waals surface area contributed by atoms with E-state index in [2.05, 4.69) is 10.1 Å². The van der Waals surface area contributed by atoms with Gasteiger partial charge in [-0.3, -0.25) is 4.68 Å². The van der Waals surface area contributed by atoms with Crippen LogP contribution in [0.15, 0.2) is 48.9 Å². The van der Waals surface area contributed by atoms with E-state index in [0.29, 0.717) is 36.3 Å². The quantitative estimate of drug-likeness (QED) is 0.477. The number of hydrogen-bond donors (Lipinski definition) is 1. The van der Waals surface area contributed by atoms with E-state index in [1.165, 1.54) is 0 Å². The molecule has 1 unspecified atom stereocenters. The van der Waals surface area contributed by atoms with Crippen LogP contribution in [-0.2, 0) is 11.3 Å². The molecule has 4 aromatic rings. The lowest BCUT2D eigenvalue weighted by atomic mass is 10.1. The van der Waals surface area contributed by atoms with E-state index >= 15 is 0 Å². The van der Waals surface area contributed by atoms with E-state index in [0.717, 1.165) is 28.8 Å². The first-order chi connectivity index (χ1) is 15.4. The van der Waals surface area contributed by atoms with Gasteiger partial charge in [-0.2, -0.15) is 5.10 Å². The number of benzene rings is 1. The highest BCUT2D eigenvalue weighted by molar-refractivity contribution is 6.30. The van der Waals surface area contributed by atoms with E-state index in [1.807, 2.05) is 36.5 Å². The van der Waals surface area contributed by atoms with Crippen molar-refractivity contribution in [2.75, 3.05) is 13.2 Å². The minimum Gasteiger partial charge on any atom is -0.470 e. The van der Waals surface area contributed by atoms with Gasteiger partial charge in [-0.15, -0.1) is 5.10 Å². The minimum atomic E-state index is -0.874. The summed E-state index contributed by atoms with van der Waals surface area (Å²) in [4.78, 5) is 4.56. The van der Waals surface area contributed by atoms with E-state index in [1.54, 1.807) is 35.4 Å². The molecule has 0 amide bonds. The largest absolute Gasteiger partial charge is 0.470 e. The van der Waals surface area contributed by atoms with Crippen LogP contribution in [0.4, 0.5) is 0 Å². The summed E-state index contributed by atoms with van der Waals surface area (Å²) >= 11 is 6.20. The van der Waals surface area contributed by atoms with Crippen LogP contribution in [0.1, 0.15) is 20.3 Å². The molecule has 1 atom stereocenters. The molecular weight excluding hydrogens is 430 g/mol. The lowest BCUT2D eigenvalue weighted by Gasteiger charge is -2.16. The number of aliphatic hydroxyl groups is 1. The van der Waals surface area contributed by atoms with Crippen LogP contribution in [0, 0.1) is 0 Å². The molecule has 1 aromatic carbocycles. The Kier molecular flexibility index (Phi) is 5.36. The smallest absolute Gasteiger partial charge is 0.240 e. The van der Waals surface area contributed by atoms with Crippen LogP contribution in [0.25, 0.3) is 28.0 Å². The Hall–Kier alpha value is -2.94. The third-order valence-corrected chi connectivity index (χ3v) is 5.47. The van der Waals surface area contributed by atoms with Crippen molar-refractivity contribution in [2.24, 2.45) is 0 Å². The molecule has 3 aromatic heterocycles. The van der Waals surface area contributed by atoms with Gasteiger partial charge >= 0.3 is 0 Å². The Morgan fingerprint density at radius 3 is 2.88 bits per heavy atom. The monoisotopic (exact) mass is 453 g/mol. The second kappa shape index (κ2) is 8.20. The summed E-state index contributed by atoms with van der Waals surface area (Å²) in [6.45, 7) is 5.07. The highest BCUT2D eigenvalue weighted by atomic mass is 35.5. The molecule has 32 heavy (non-hydrogen) atoms. The summed E-state index contributed by atoms with van der Waals surface area (Å²) in [5.74, 6) is 0.483. The molecule has 0 aliphatic carbocycles. The van der Waals surface area contributed by atoms with Gasteiger partial charge in [0.2, 0.25) is 5.88 Å². The fraction of sp³-hybridized carbons (Fsp3) is 0.348. The molecule has 1 saturated heterocycles. The molecular formula is C23H24ClN5O3. The van der Waals surface area contributed by atoms with Crippen molar-refractivity contribution < 1.29 is 14.6 Å². The van der Waals surface area contributed by atoms with Gasteiger partial charge in [-0.1, -0.05) is 23.7 Å². The first-order valence-electron chi connectivity index (χ1n) is 10.5. The maximum Gasteiger partial charge on any atom is 0.240 e. The Bertz CT molecular complexity index is 1250. The van der Waals surface area contributed by atoms with Crippen molar-refractivity contribution in [1.82, 2.24) is 24.4 Å². The van der Waals surface area contributed by atoms with E-state index < -0.39 is 5.60 Å². The average Bonchev–Trinajstić information content (AvgIpc) is 3.47. The molecule has 1 aliphatic rings. The zero-order chi connectivity index (χ0) is 22.3. The van der Waals surface area contributed by atoms with E-state index in [-0.39, 0.29) is 6.10 Å². The molecule has 1 N–H and O–H groups in total. The number of imidazole rings is 1. The summed E-state index contributed by atoms with van der Waals surface area (Å²) in [6, 6.07) is 9.52. The molecule has 4 heterocycles. The number of ether oxygens (including phenoxy) is 2. The summed E-state index contributed by atoms with van der Waals surface area (Å²) in [7, 11) is 0. The summed E-state index contributed by atoms with van der Waals surface area (Å²) < 4.78 is 15.2. The van der Waals surface area contributed by atoms with Crippen LogP contribution in [0.3, 0.4) is 0 Å². The first kappa shape index (κ1) is 20.9. The van der Waals surface area contributed by atoms with Gasteiger partial charge < -0.3 is 14.6 Å². The normalized spacial score (nSPS) is 16.7. The van der Waals surface area contributed by atoms with Gasteiger partial charge in [0.15, 0.2) is 5.65 Å². The van der Waals surface area contributed by atoms with Gasteiger partial charge in [0, 0.05) is 28.8 Å². The Morgan fingerprint density at radius 2 is 2.12 bits per heavy atom. The standard InChI is InChI=1S/C23H24ClN5O3/c1-23(2,30)14-28-12-16(10-26-28)19-9-21-25-11-20(15-4-3-5-17(24)8-15)29(21)27-22(19)32-18-6-7-31-13-18/h3-5,8-12,18,30H,6-7,13-14H2,1-2H3. The predicted molar refractivity (Wildman–Crippen MR) is 121 cm³/mol. The number of fused-ring (bicyclic) bond motifs is 1. The third-order valence-electron chi connectivity index (χ3n) is 5.24. The van der Waals surface area contributed by atoms with Gasteiger partial charge in [0.1, 0.15) is 6.10 Å². The second-order valence-corrected chi connectivity index (χ2v) is 9.07. The Morgan fingerprint density at radius 1 is 1.25 bits per heavy atom. The van der Waals surface area contributed by atoms with Gasteiger partial charge in [0.25, 0.3) is 0 Å². The topological polar surface area (TPSA) is 86.7 Å². The minimum absolute atomic E-state index is 0.0664. The summed E-state index contributed by atoms with van der Waals surface area (Å²) in [6.07, 6.45) is 6.14. The maximum atomic E-state index is 10.1. The molecule has 1 fully saturated rings. The Balaban J connectivity index is 1.60. The number of rotatable bonds is 6. The average molecular weight is 454 g/mol. The highest BCUT2D eigenvalue weighted by Crippen LogP contribution is 2.33. The van der Waals surface area contributed by atoms with Crippen LogP contribution in [-0.4, -0.2) is 54.4 Å². The number of halogens is 1. The second-order valence-electron chi connectivity index (χ2n) is 8.63. The predicted octanol–water partition coefficient (Wildman–Crippen LogP) is 3.85. The zero-order valence-electron chi connectivity index (χ0n) is 17.9. The lowest BCUT2D eigenvalue weighted by molar-refractivity contribution is 0.0577. The maximum absolute atomic E-state index is 10.1. The fourth-order valence-electron chi connectivity index (χ4n) is 3.79. The third kappa shape index (κ3) is 4.34. The SMILES string of the molecule is CC(C)(O)Cn1cc(-c2cc3ncc(-c4cccc(Cl)c4)n3nc2OC2CCOC2)cn1. The van der Waals surface area contributed by atoms with Crippen molar-refractivity contribution in [3.63, 3.8) is 0 Å². The molecule has 0 spiro atoms. The first-order valence-corrected chi connectivity index (χ1v) is 10.9. The van der Waals surface area contributed by atoms with Crippen LogP contribution < -0.4 is 4.74 Å². The zero-order valence-corrected chi connectivity index (χ0v) is 18.7. The summed E-state index contributed by atoms with van der Waals surface area (Å²) in [5.41, 5.74) is 3.17. The molecule has 5 rings (SSSR count). The Labute approximate surface area is 190 Å². The van der Waals surface area contributed by atoms with E-state index in [9.17, 15) is 5.11 Å². The molecule has 1 aliphatic heterocycles. The molecule has 166 valence electrons. The lowest BCUT2D eigenvalue weighted by Crippen LogP contribution is -2.26. The molecule has 0 radical (unpaired) electrons. The summed E-state index contributed by atoms with van der Waals surface area (Å²) in [5, 5.41) is 20.0. The van der Waals surface area contributed by atoms with Crippen molar-refractivity contribution in [3.05, 3.63) is 53.9 Å². The number of hydrogen-bond acceptors (Lipinski definition) is 6. The van der Waals surface area contributed by atoms with Crippen LogP contribution >= 0.6 is 11.6 Å². The van der Waals surface area contributed by atoms with Gasteiger partial charge in [-0.25, -0.2) is 9.50 Å².